The summed E-state index contributed by atoms with van der Waals surface area (Å²) in [6.45, 7) is 8.24. The molecule has 33 heavy (non-hydrogen) atoms. The highest BCUT2D eigenvalue weighted by Crippen LogP contribution is 2.20. The number of benzene rings is 1. The molecule has 0 N–H and O–H groups in total. The molecule has 1 amide bonds. The number of nitrogens with zero attached hydrogens (tertiary/aromatic N) is 6. The fraction of sp³-hybridized carbons (Fsp3) is 0.400. The van der Waals surface area contributed by atoms with Gasteiger partial charge >= 0.3 is 0 Å². The van der Waals surface area contributed by atoms with Crippen LogP contribution in [0, 0.1) is 13.8 Å². The van der Waals surface area contributed by atoms with Crippen LogP contribution in [-0.2, 0) is 13.1 Å². The lowest BCUT2D eigenvalue weighted by atomic mass is 10.1. The van der Waals surface area contributed by atoms with E-state index in [9.17, 15) is 4.79 Å². The molecular formula is C25H31ClN6O. The average Bonchev–Trinajstić information content (AvgIpc) is 3.08. The summed E-state index contributed by atoms with van der Waals surface area (Å²) in [6, 6.07) is 11.9. The number of anilines is 1. The van der Waals surface area contributed by atoms with Crippen molar-refractivity contribution in [1.82, 2.24) is 24.6 Å². The van der Waals surface area contributed by atoms with Gasteiger partial charge in [-0.1, -0.05) is 29.8 Å². The highest BCUT2D eigenvalue weighted by atomic mass is 35.5. The summed E-state index contributed by atoms with van der Waals surface area (Å²) >= 11 is 6.00. The van der Waals surface area contributed by atoms with Gasteiger partial charge in [-0.3, -0.25) is 9.48 Å². The molecule has 1 fully saturated rings. The molecular weight excluding hydrogens is 436 g/mol. The van der Waals surface area contributed by atoms with E-state index in [-0.39, 0.29) is 5.91 Å². The van der Waals surface area contributed by atoms with Gasteiger partial charge in [-0.15, -0.1) is 0 Å². The number of rotatable bonds is 6. The molecule has 1 aliphatic heterocycles. The Morgan fingerprint density at radius 3 is 2.27 bits per heavy atom. The van der Waals surface area contributed by atoms with E-state index in [1.54, 1.807) is 0 Å². The topological polar surface area (TPSA) is 57.5 Å². The number of aromatic nitrogens is 3. The Morgan fingerprint density at radius 1 is 1.00 bits per heavy atom. The van der Waals surface area contributed by atoms with Crippen LogP contribution in [-0.4, -0.2) is 70.7 Å². The molecule has 1 saturated heterocycles. The third-order valence-electron chi connectivity index (χ3n) is 6.04. The molecule has 0 radical (unpaired) electrons. The molecule has 7 nitrogen and oxygen atoms in total. The minimum atomic E-state index is 0.0568. The first-order valence-electron chi connectivity index (χ1n) is 11.2. The first kappa shape index (κ1) is 23.3. The molecule has 0 atom stereocenters. The predicted octanol–water partition coefficient (Wildman–Crippen LogP) is 3.62. The number of amides is 1. The molecule has 0 aliphatic carbocycles. The van der Waals surface area contributed by atoms with E-state index in [2.05, 4.69) is 46.1 Å². The van der Waals surface area contributed by atoms with Crippen LogP contribution in [0.4, 0.5) is 5.82 Å². The van der Waals surface area contributed by atoms with Crippen LogP contribution in [0.3, 0.4) is 0 Å². The van der Waals surface area contributed by atoms with Gasteiger partial charge in [0.15, 0.2) is 0 Å². The minimum absolute atomic E-state index is 0.0568. The first-order chi connectivity index (χ1) is 15.8. The van der Waals surface area contributed by atoms with Crippen molar-refractivity contribution in [2.24, 2.45) is 0 Å². The Labute approximate surface area is 200 Å². The highest BCUT2D eigenvalue weighted by molar-refractivity contribution is 6.30. The Bertz CT molecular complexity index is 1100. The number of carbonyl (C=O) groups is 1. The van der Waals surface area contributed by atoms with Crippen LogP contribution in [0.2, 0.25) is 5.02 Å². The maximum Gasteiger partial charge on any atom is 0.257 e. The van der Waals surface area contributed by atoms with Gasteiger partial charge < -0.3 is 14.7 Å². The third kappa shape index (κ3) is 5.37. The third-order valence-corrected chi connectivity index (χ3v) is 6.29. The van der Waals surface area contributed by atoms with Crippen molar-refractivity contribution >= 4 is 23.3 Å². The number of pyridine rings is 1. The van der Waals surface area contributed by atoms with Crippen LogP contribution in [0.15, 0.2) is 42.6 Å². The van der Waals surface area contributed by atoms with Gasteiger partial charge in [0.25, 0.3) is 5.91 Å². The van der Waals surface area contributed by atoms with Crippen molar-refractivity contribution in [1.29, 1.82) is 0 Å². The van der Waals surface area contributed by atoms with E-state index in [0.717, 1.165) is 42.4 Å². The molecule has 4 rings (SSSR count). The number of piperazine rings is 1. The summed E-state index contributed by atoms with van der Waals surface area (Å²) in [6.07, 6.45) is 1.94. The maximum absolute atomic E-state index is 13.4. The zero-order valence-corrected chi connectivity index (χ0v) is 20.5. The first-order valence-corrected chi connectivity index (χ1v) is 11.6. The summed E-state index contributed by atoms with van der Waals surface area (Å²) in [5.41, 5.74) is 4.67. The SMILES string of the molecule is Cc1nn(Cc2ccc(Cl)cc2)c(C)c1C(=O)N1CCN(c2ccc(CN(C)C)cn2)CC1. The van der Waals surface area contributed by atoms with Gasteiger partial charge in [0.05, 0.1) is 17.8 Å². The van der Waals surface area contributed by atoms with Gasteiger partial charge in [0.1, 0.15) is 5.82 Å². The average molecular weight is 467 g/mol. The van der Waals surface area contributed by atoms with Crippen molar-refractivity contribution in [2.45, 2.75) is 26.9 Å². The summed E-state index contributed by atoms with van der Waals surface area (Å²) in [7, 11) is 4.10. The number of carbonyl (C=O) groups excluding carboxylic acids is 1. The van der Waals surface area contributed by atoms with E-state index in [1.807, 2.05) is 53.9 Å². The highest BCUT2D eigenvalue weighted by Gasteiger charge is 2.27. The molecule has 0 unspecified atom stereocenters. The van der Waals surface area contributed by atoms with E-state index in [4.69, 9.17) is 11.6 Å². The maximum atomic E-state index is 13.4. The van der Waals surface area contributed by atoms with Crippen LogP contribution >= 0.6 is 11.6 Å². The summed E-state index contributed by atoms with van der Waals surface area (Å²) < 4.78 is 1.90. The van der Waals surface area contributed by atoms with E-state index in [0.29, 0.717) is 30.2 Å². The lowest BCUT2D eigenvalue weighted by Crippen LogP contribution is -2.49. The van der Waals surface area contributed by atoms with Crippen molar-refractivity contribution in [3.8, 4) is 0 Å². The second-order valence-corrected chi connectivity index (χ2v) is 9.31. The normalized spacial score (nSPS) is 14.2. The van der Waals surface area contributed by atoms with E-state index >= 15 is 0 Å². The van der Waals surface area contributed by atoms with Gasteiger partial charge in [-0.05, 0) is 57.3 Å². The molecule has 0 bridgehead atoms. The number of hydrogen-bond donors (Lipinski definition) is 0. The van der Waals surface area contributed by atoms with E-state index < -0.39 is 0 Å². The fourth-order valence-corrected chi connectivity index (χ4v) is 4.41. The lowest BCUT2D eigenvalue weighted by molar-refractivity contribution is 0.0745. The van der Waals surface area contributed by atoms with Crippen LogP contribution < -0.4 is 4.90 Å². The van der Waals surface area contributed by atoms with Gasteiger partial charge in [0.2, 0.25) is 0 Å². The molecule has 2 aromatic heterocycles. The quantitative estimate of drug-likeness (QED) is 0.555. The molecule has 8 heteroatoms. The zero-order chi connectivity index (χ0) is 23.5. The molecule has 1 aromatic carbocycles. The predicted molar refractivity (Wildman–Crippen MR) is 132 cm³/mol. The largest absolute Gasteiger partial charge is 0.353 e. The molecule has 3 heterocycles. The van der Waals surface area contributed by atoms with Gasteiger partial charge in [-0.2, -0.15) is 5.10 Å². The second-order valence-electron chi connectivity index (χ2n) is 8.87. The molecule has 0 saturated carbocycles. The Morgan fingerprint density at radius 2 is 1.67 bits per heavy atom. The minimum Gasteiger partial charge on any atom is -0.353 e. The van der Waals surface area contributed by atoms with Crippen LogP contribution in [0.5, 0.6) is 0 Å². The Kier molecular flexibility index (Phi) is 7.00. The summed E-state index contributed by atoms with van der Waals surface area (Å²) in [5, 5.41) is 5.36. The van der Waals surface area contributed by atoms with Crippen molar-refractivity contribution in [2.75, 3.05) is 45.2 Å². The monoisotopic (exact) mass is 466 g/mol. The molecule has 0 spiro atoms. The molecule has 3 aromatic rings. The standard InChI is InChI=1S/C25H31ClN6O/c1-18-24(19(2)32(28-18)17-20-5-8-22(26)9-6-20)25(33)31-13-11-30(12-14-31)23-10-7-21(15-27-23)16-29(3)4/h5-10,15H,11-14,16-17H2,1-4H3. The van der Waals surface area contributed by atoms with Crippen molar-refractivity contribution < 1.29 is 4.79 Å². The Balaban J connectivity index is 1.40. The van der Waals surface area contributed by atoms with Gasteiger partial charge in [-0.25, -0.2) is 4.98 Å². The lowest BCUT2D eigenvalue weighted by Gasteiger charge is -2.35. The summed E-state index contributed by atoms with van der Waals surface area (Å²) in [5.74, 6) is 1.02. The van der Waals surface area contributed by atoms with Crippen LogP contribution in [0.25, 0.3) is 0 Å². The molecule has 1 aliphatic rings. The van der Waals surface area contributed by atoms with Crippen molar-refractivity contribution in [3.63, 3.8) is 0 Å². The van der Waals surface area contributed by atoms with Crippen molar-refractivity contribution in [3.05, 3.63) is 75.7 Å². The van der Waals surface area contributed by atoms with E-state index in [1.165, 1.54) is 5.56 Å². The molecule has 174 valence electrons. The second kappa shape index (κ2) is 9.93. The number of hydrogen-bond acceptors (Lipinski definition) is 5. The smallest absolute Gasteiger partial charge is 0.257 e. The number of aryl methyl sites for hydroxylation is 1. The zero-order valence-electron chi connectivity index (χ0n) is 19.8. The fourth-order valence-electron chi connectivity index (χ4n) is 4.28. The number of halogens is 1. The Hall–Kier alpha value is -2.90. The summed E-state index contributed by atoms with van der Waals surface area (Å²) in [4.78, 5) is 24.3. The van der Waals surface area contributed by atoms with Crippen LogP contribution in [0.1, 0.15) is 32.9 Å². The van der Waals surface area contributed by atoms with Gasteiger partial charge in [0, 0.05) is 49.6 Å².